The van der Waals surface area contributed by atoms with Crippen molar-refractivity contribution in [1.29, 1.82) is 0 Å². The van der Waals surface area contributed by atoms with Crippen molar-refractivity contribution >= 4 is 57.1 Å². The molecule has 2 aromatic carbocycles. The number of unbranched alkanes of at least 4 members (excludes halogenated alkanes) is 2. The zero-order valence-electron chi connectivity index (χ0n) is 30.6. The average molecular weight is 779 g/mol. The van der Waals surface area contributed by atoms with Crippen LogP contribution in [0, 0.1) is 0 Å². The van der Waals surface area contributed by atoms with Gasteiger partial charge in [0.1, 0.15) is 6.61 Å². The fourth-order valence-corrected chi connectivity index (χ4v) is 8.52. The van der Waals surface area contributed by atoms with Crippen molar-refractivity contribution in [1.82, 2.24) is 9.80 Å². The van der Waals surface area contributed by atoms with Gasteiger partial charge in [-0.2, -0.15) is 0 Å². The molecule has 6 rings (SSSR count). The maximum Gasteiger partial charge on any atom is 0.416 e. The molecular weight excluding hydrogens is 733 g/mol. The summed E-state index contributed by atoms with van der Waals surface area (Å²) >= 11 is 0. The number of hydrogen-bond acceptors (Lipinski definition) is 12. The molecule has 3 amide bonds. The van der Waals surface area contributed by atoms with Gasteiger partial charge in [0.25, 0.3) is 11.8 Å². The molecule has 2 aromatic rings. The van der Waals surface area contributed by atoms with E-state index in [0.29, 0.717) is 85.4 Å². The average Bonchev–Trinajstić information content (AvgIpc) is 3.70. The number of benzene rings is 2. The number of rotatable bonds is 16. The van der Waals surface area contributed by atoms with Gasteiger partial charge < -0.3 is 38.6 Å². The van der Waals surface area contributed by atoms with Crippen molar-refractivity contribution in [2.75, 3.05) is 63.5 Å². The van der Waals surface area contributed by atoms with Crippen molar-refractivity contribution in [3.05, 3.63) is 72.4 Å². The number of methoxy groups -OCH3 is 2. The Bertz CT molecular complexity index is 1840. The minimum Gasteiger partial charge on any atom is -0.493 e. The van der Waals surface area contributed by atoms with Gasteiger partial charge in [0.05, 0.1) is 62.0 Å². The highest BCUT2D eigenvalue weighted by Gasteiger charge is 2.46. The van der Waals surface area contributed by atoms with Gasteiger partial charge in [-0.05, 0) is 44.2 Å². The Morgan fingerprint density at radius 3 is 2.22 bits per heavy atom. The molecular formula is C39H46N4O9S2. The second-order valence-corrected chi connectivity index (χ2v) is 15.9. The third-order valence-corrected chi connectivity index (χ3v) is 11.8. The summed E-state index contributed by atoms with van der Waals surface area (Å²) < 4.78 is 29.0. The highest BCUT2D eigenvalue weighted by Crippen LogP contribution is 2.42. The van der Waals surface area contributed by atoms with E-state index in [4.69, 9.17) is 23.7 Å². The summed E-state index contributed by atoms with van der Waals surface area (Å²) in [6, 6.07) is 5.76. The number of carbonyl (C=O) groups excluding carboxylic acids is 3. The summed E-state index contributed by atoms with van der Waals surface area (Å²) in [6.45, 7) is 13.4. The SMILES string of the molecule is C=CCSSCCOC(=O)N1c2cc(OCCCCCOc3cc4c(cc3OC)C(=O)N3CC(=C)C[C@@H]3C=N4)c(OC)cc2C(=O)N2CC(=C)CC2C1O. The molecule has 4 heterocycles. The number of aliphatic hydroxyl groups is 1. The van der Waals surface area contributed by atoms with E-state index in [1.54, 1.807) is 63.0 Å². The third-order valence-electron chi connectivity index (χ3n) is 9.55. The fourth-order valence-electron chi connectivity index (χ4n) is 6.92. The Labute approximate surface area is 323 Å². The normalized spacial score (nSPS) is 20.1. The van der Waals surface area contributed by atoms with Crippen molar-refractivity contribution < 1.29 is 43.2 Å². The summed E-state index contributed by atoms with van der Waals surface area (Å²) in [5.41, 5.74) is 3.18. The highest BCUT2D eigenvalue weighted by atomic mass is 33.1. The van der Waals surface area contributed by atoms with Crippen LogP contribution in [0.3, 0.4) is 0 Å². The van der Waals surface area contributed by atoms with Crippen molar-refractivity contribution in [2.45, 2.75) is 50.4 Å². The molecule has 0 bridgehead atoms. The summed E-state index contributed by atoms with van der Waals surface area (Å²) in [5.74, 6) is 2.47. The van der Waals surface area contributed by atoms with Gasteiger partial charge in [-0.3, -0.25) is 14.6 Å². The van der Waals surface area contributed by atoms with Crippen LogP contribution in [0.15, 0.2) is 66.2 Å². The van der Waals surface area contributed by atoms with Crippen LogP contribution < -0.4 is 23.8 Å². The fraction of sp³-hybridized carbons (Fsp3) is 0.436. The minimum absolute atomic E-state index is 0.102. The van der Waals surface area contributed by atoms with Crippen LogP contribution in [0.25, 0.3) is 0 Å². The number of ether oxygens (including phenoxy) is 5. The number of hydrogen-bond donors (Lipinski definition) is 1. The standard InChI is InChI=1S/C39H46N4O9S2/c1-6-13-53-54-14-12-52-39(47)43-30-20-35(33(49-5)18-28(30)37(45)42-23-25(3)16-31(42)38(43)46)51-11-9-7-8-10-50-34-19-29-27(17-32(34)48-4)36(44)41-22-24(2)15-26(41)21-40-29/h6,17-21,26,31,38,46H,1-3,7-16,22-23H2,4-5H3/t26-,31?,38?/m1/s1. The minimum atomic E-state index is -1.37. The molecule has 2 saturated heterocycles. The predicted octanol–water partition coefficient (Wildman–Crippen LogP) is 6.43. The van der Waals surface area contributed by atoms with E-state index in [-0.39, 0.29) is 42.3 Å². The molecule has 2 unspecified atom stereocenters. The number of amides is 3. The molecule has 0 aromatic heterocycles. The second-order valence-electron chi connectivity index (χ2n) is 13.3. The topological polar surface area (TPSA) is 140 Å². The van der Waals surface area contributed by atoms with Crippen molar-refractivity contribution in [3.63, 3.8) is 0 Å². The Morgan fingerprint density at radius 1 is 0.870 bits per heavy atom. The lowest BCUT2D eigenvalue weighted by Crippen LogP contribution is -2.51. The Hall–Kier alpha value is -4.60. The lowest BCUT2D eigenvalue weighted by molar-refractivity contribution is 0.0493. The molecule has 3 atom stereocenters. The molecule has 288 valence electrons. The van der Waals surface area contributed by atoms with Crippen LogP contribution >= 0.6 is 21.6 Å². The van der Waals surface area contributed by atoms with Gasteiger partial charge in [0, 0.05) is 42.9 Å². The first-order valence-electron chi connectivity index (χ1n) is 17.8. The molecule has 0 aliphatic carbocycles. The molecule has 2 fully saturated rings. The Balaban J connectivity index is 1.08. The monoisotopic (exact) mass is 778 g/mol. The molecule has 4 aliphatic heterocycles. The lowest BCUT2D eigenvalue weighted by Gasteiger charge is -2.31. The van der Waals surface area contributed by atoms with E-state index in [9.17, 15) is 19.5 Å². The van der Waals surface area contributed by atoms with Crippen LogP contribution in [0.5, 0.6) is 23.0 Å². The quantitative estimate of drug-likeness (QED) is 0.115. The number of carbonyl (C=O) groups is 3. The Kier molecular flexibility index (Phi) is 12.8. The van der Waals surface area contributed by atoms with E-state index in [2.05, 4.69) is 24.7 Å². The van der Waals surface area contributed by atoms with E-state index >= 15 is 0 Å². The van der Waals surface area contributed by atoms with E-state index in [0.717, 1.165) is 28.2 Å². The van der Waals surface area contributed by atoms with Gasteiger partial charge in [-0.25, -0.2) is 9.69 Å². The molecule has 0 saturated carbocycles. The Morgan fingerprint density at radius 2 is 1.52 bits per heavy atom. The molecule has 0 radical (unpaired) electrons. The summed E-state index contributed by atoms with van der Waals surface area (Å²) in [5, 5.41) is 11.6. The summed E-state index contributed by atoms with van der Waals surface area (Å²) in [7, 11) is 6.17. The molecule has 54 heavy (non-hydrogen) atoms. The molecule has 15 heteroatoms. The first-order chi connectivity index (χ1) is 26.1. The summed E-state index contributed by atoms with van der Waals surface area (Å²) in [6.07, 6.45) is 4.65. The van der Waals surface area contributed by atoms with E-state index < -0.39 is 18.4 Å². The number of anilines is 1. The first-order valence-corrected chi connectivity index (χ1v) is 20.3. The highest BCUT2D eigenvalue weighted by molar-refractivity contribution is 8.76. The maximum absolute atomic E-state index is 13.8. The van der Waals surface area contributed by atoms with Gasteiger partial charge in [0.15, 0.2) is 29.2 Å². The van der Waals surface area contributed by atoms with Crippen molar-refractivity contribution in [3.8, 4) is 23.0 Å². The maximum atomic E-state index is 13.8. The van der Waals surface area contributed by atoms with Crippen LogP contribution in [0.2, 0.25) is 0 Å². The zero-order chi connectivity index (χ0) is 38.4. The molecule has 13 nitrogen and oxygen atoms in total. The largest absolute Gasteiger partial charge is 0.493 e. The van der Waals surface area contributed by atoms with Gasteiger partial charge in [0.2, 0.25) is 0 Å². The first kappa shape index (κ1) is 39.1. The van der Waals surface area contributed by atoms with Crippen LogP contribution in [-0.2, 0) is 4.74 Å². The van der Waals surface area contributed by atoms with Gasteiger partial charge in [-0.15, -0.1) is 6.58 Å². The molecule has 0 spiro atoms. The van der Waals surface area contributed by atoms with E-state index in [1.807, 2.05) is 0 Å². The van der Waals surface area contributed by atoms with Crippen molar-refractivity contribution in [2.24, 2.45) is 4.99 Å². The smallest absolute Gasteiger partial charge is 0.416 e. The number of aliphatic hydroxyl groups excluding tert-OH is 1. The zero-order valence-corrected chi connectivity index (χ0v) is 32.3. The lowest BCUT2D eigenvalue weighted by atomic mass is 10.1. The molecule has 4 aliphatic rings. The second kappa shape index (κ2) is 17.7. The van der Waals surface area contributed by atoms with Crippen LogP contribution in [0.1, 0.15) is 52.8 Å². The molecule has 1 N–H and O–H groups in total. The number of fused-ring (bicyclic) bond motifs is 4. The number of aliphatic imine (C=N–C) groups is 1. The van der Waals surface area contributed by atoms with Gasteiger partial charge >= 0.3 is 6.09 Å². The third kappa shape index (κ3) is 8.37. The van der Waals surface area contributed by atoms with Crippen LogP contribution in [-0.4, -0.2) is 116 Å². The van der Waals surface area contributed by atoms with Crippen LogP contribution in [0.4, 0.5) is 16.2 Å². The van der Waals surface area contributed by atoms with E-state index in [1.165, 1.54) is 19.1 Å². The van der Waals surface area contributed by atoms with Gasteiger partial charge in [-0.1, -0.05) is 52.0 Å². The predicted molar refractivity (Wildman–Crippen MR) is 211 cm³/mol. The number of nitrogens with zero attached hydrogens (tertiary/aromatic N) is 4. The summed E-state index contributed by atoms with van der Waals surface area (Å²) in [4.78, 5) is 49.7.